The van der Waals surface area contributed by atoms with Crippen LogP contribution in [0.3, 0.4) is 0 Å². The van der Waals surface area contributed by atoms with Crippen molar-refractivity contribution in [3.05, 3.63) is 66.0 Å². The van der Waals surface area contributed by atoms with Crippen LogP contribution in [0, 0.1) is 5.82 Å². The molecule has 1 N–H and O–H groups in total. The molecule has 0 spiro atoms. The van der Waals surface area contributed by atoms with Gasteiger partial charge in [-0.3, -0.25) is 9.78 Å². The number of carbonyl (C=O) groups excluding carboxylic acids is 1. The lowest BCUT2D eigenvalue weighted by molar-refractivity contribution is 0.0717. The average molecular weight is 326 g/mol. The molecule has 0 unspecified atom stereocenters. The van der Waals surface area contributed by atoms with E-state index < -0.39 is 6.10 Å². The number of β-amino-alcohol motifs (C(OH)–C–C–N with tert-alkyl or cyclic N) is 1. The molecule has 2 aromatic heterocycles. The molecule has 0 radical (unpaired) electrons. The Hall–Kier alpha value is -2.80. The maximum absolute atomic E-state index is 13.2. The van der Waals surface area contributed by atoms with Crippen LogP contribution in [0.2, 0.25) is 0 Å². The van der Waals surface area contributed by atoms with Gasteiger partial charge in [-0.05, 0) is 24.1 Å². The SMILES string of the molecule is O=C(c1cnn2ccncc12)N1C[C@@H](O)C[C@H]1c1ccc(F)cc1. The van der Waals surface area contributed by atoms with Crippen molar-refractivity contribution in [1.29, 1.82) is 0 Å². The number of aliphatic hydroxyl groups excluding tert-OH is 1. The second-order valence-corrected chi connectivity index (χ2v) is 5.88. The van der Waals surface area contributed by atoms with E-state index in [0.717, 1.165) is 5.56 Å². The van der Waals surface area contributed by atoms with Crippen LogP contribution < -0.4 is 0 Å². The first kappa shape index (κ1) is 14.8. The first-order valence-corrected chi connectivity index (χ1v) is 7.65. The van der Waals surface area contributed by atoms with Crippen molar-refractivity contribution in [2.24, 2.45) is 0 Å². The second-order valence-electron chi connectivity index (χ2n) is 5.88. The van der Waals surface area contributed by atoms with Gasteiger partial charge in [0.05, 0.1) is 35.6 Å². The molecule has 24 heavy (non-hydrogen) atoms. The molecule has 6 nitrogen and oxygen atoms in total. The van der Waals surface area contributed by atoms with Gasteiger partial charge in [-0.2, -0.15) is 5.10 Å². The second kappa shape index (κ2) is 5.68. The molecule has 3 aromatic rings. The fourth-order valence-electron chi connectivity index (χ4n) is 3.19. The summed E-state index contributed by atoms with van der Waals surface area (Å²) < 4.78 is 14.7. The normalized spacial score (nSPS) is 20.7. The van der Waals surface area contributed by atoms with Gasteiger partial charge in [-0.25, -0.2) is 8.91 Å². The molecule has 7 heteroatoms. The minimum atomic E-state index is -0.607. The van der Waals surface area contributed by atoms with Gasteiger partial charge in [0.2, 0.25) is 0 Å². The summed E-state index contributed by atoms with van der Waals surface area (Å²) in [5, 5.41) is 14.2. The van der Waals surface area contributed by atoms with E-state index >= 15 is 0 Å². The zero-order valence-electron chi connectivity index (χ0n) is 12.7. The number of carbonyl (C=O) groups is 1. The van der Waals surface area contributed by atoms with E-state index in [-0.39, 0.29) is 24.3 Å². The molecule has 2 atom stereocenters. The topological polar surface area (TPSA) is 70.7 Å². The molecule has 4 rings (SSSR count). The molecule has 1 aliphatic rings. The number of nitrogens with zero attached hydrogens (tertiary/aromatic N) is 4. The van der Waals surface area contributed by atoms with Gasteiger partial charge in [0.15, 0.2) is 0 Å². The lowest BCUT2D eigenvalue weighted by atomic mass is 10.0. The maximum Gasteiger partial charge on any atom is 0.258 e. The van der Waals surface area contributed by atoms with Crippen LogP contribution >= 0.6 is 0 Å². The van der Waals surface area contributed by atoms with Gasteiger partial charge < -0.3 is 10.0 Å². The Bertz CT molecular complexity index is 893. The van der Waals surface area contributed by atoms with E-state index in [2.05, 4.69) is 10.1 Å². The van der Waals surface area contributed by atoms with E-state index in [1.807, 2.05) is 0 Å². The zero-order valence-corrected chi connectivity index (χ0v) is 12.7. The first-order valence-electron chi connectivity index (χ1n) is 7.65. The number of amides is 1. The van der Waals surface area contributed by atoms with Gasteiger partial charge in [0, 0.05) is 18.9 Å². The number of hydrogen-bond acceptors (Lipinski definition) is 4. The lowest BCUT2D eigenvalue weighted by Crippen LogP contribution is -2.31. The highest BCUT2D eigenvalue weighted by molar-refractivity contribution is 6.00. The standard InChI is InChI=1S/C17H15FN4O2/c18-12-3-1-11(2-4-12)15-7-13(23)10-21(15)17(24)14-8-20-22-6-5-19-9-16(14)22/h1-6,8-9,13,15,23H,7,10H2/t13-,15-/m0/s1. The number of likely N-dealkylation sites (tertiary alicyclic amines) is 1. The van der Waals surface area contributed by atoms with E-state index in [1.54, 1.807) is 40.1 Å². The van der Waals surface area contributed by atoms with Crippen LogP contribution in [0.4, 0.5) is 4.39 Å². The number of benzene rings is 1. The van der Waals surface area contributed by atoms with Gasteiger partial charge in [-0.15, -0.1) is 0 Å². The molecule has 1 aliphatic heterocycles. The van der Waals surface area contributed by atoms with Crippen LogP contribution in [0.5, 0.6) is 0 Å². The summed E-state index contributed by atoms with van der Waals surface area (Å²) in [7, 11) is 0. The fourth-order valence-corrected chi connectivity index (χ4v) is 3.19. The van der Waals surface area contributed by atoms with Crippen LogP contribution in [0.25, 0.3) is 5.52 Å². The number of fused-ring (bicyclic) bond motifs is 1. The Morgan fingerprint density at radius 2 is 2.04 bits per heavy atom. The molecule has 1 fully saturated rings. The smallest absolute Gasteiger partial charge is 0.258 e. The Morgan fingerprint density at radius 3 is 2.83 bits per heavy atom. The number of hydrogen-bond donors (Lipinski definition) is 1. The van der Waals surface area contributed by atoms with Crippen molar-refractivity contribution in [2.45, 2.75) is 18.6 Å². The third-order valence-electron chi connectivity index (χ3n) is 4.35. The van der Waals surface area contributed by atoms with Gasteiger partial charge in [-0.1, -0.05) is 12.1 Å². The van der Waals surface area contributed by atoms with Crippen molar-refractivity contribution in [1.82, 2.24) is 19.5 Å². The predicted molar refractivity (Wildman–Crippen MR) is 83.8 cm³/mol. The molecule has 1 amide bonds. The molecule has 0 bridgehead atoms. The highest BCUT2D eigenvalue weighted by atomic mass is 19.1. The zero-order chi connectivity index (χ0) is 16.7. The minimum Gasteiger partial charge on any atom is -0.391 e. The largest absolute Gasteiger partial charge is 0.391 e. The van der Waals surface area contributed by atoms with Gasteiger partial charge in [0.1, 0.15) is 5.82 Å². The van der Waals surface area contributed by atoms with Crippen LogP contribution in [0.1, 0.15) is 28.4 Å². The molecular formula is C17H15FN4O2. The van der Waals surface area contributed by atoms with E-state index in [9.17, 15) is 14.3 Å². The summed E-state index contributed by atoms with van der Waals surface area (Å²) in [5.74, 6) is -0.548. The highest BCUT2D eigenvalue weighted by Gasteiger charge is 2.36. The summed E-state index contributed by atoms with van der Waals surface area (Å²) in [6.45, 7) is 0.235. The highest BCUT2D eigenvalue weighted by Crippen LogP contribution is 2.34. The van der Waals surface area contributed by atoms with Crippen LogP contribution in [-0.2, 0) is 0 Å². The van der Waals surface area contributed by atoms with Crippen molar-refractivity contribution < 1.29 is 14.3 Å². The Kier molecular flexibility index (Phi) is 3.50. The number of halogens is 1. The molecular weight excluding hydrogens is 311 g/mol. The molecule has 0 saturated carbocycles. The van der Waals surface area contributed by atoms with Crippen molar-refractivity contribution in [2.75, 3.05) is 6.54 Å². The van der Waals surface area contributed by atoms with E-state index in [1.165, 1.54) is 18.3 Å². The van der Waals surface area contributed by atoms with E-state index in [4.69, 9.17) is 0 Å². The number of aliphatic hydroxyl groups is 1. The summed E-state index contributed by atoms with van der Waals surface area (Å²) in [5.41, 5.74) is 1.85. The molecule has 0 aliphatic carbocycles. The summed E-state index contributed by atoms with van der Waals surface area (Å²) >= 11 is 0. The first-order chi connectivity index (χ1) is 11.6. The number of aromatic nitrogens is 3. The molecule has 1 aromatic carbocycles. The average Bonchev–Trinajstić information content (AvgIpc) is 3.19. The third-order valence-corrected chi connectivity index (χ3v) is 4.35. The van der Waals surface area contributed by atoms with Crippen LogP contribution in [0.15, 0.2) is 49.1 Å². The maximum atomic E-state index is 13.2. The molecule has 1 saturated heterocycles. The third kappa shape index (κ3) is 2.43. The quantitative estimate of drug-likeness (QED) is 0.780. The summed E-state index contributed by atoms with van der Waals surface area (Å²) in [4.78, 5) is 18.6. The summed E-state index contributed by atoms with van der Waals surface area (Å²) in [6, 6.07) is 5.73. The Balaban J connectivity index is 1.70. The molecule has 122 valence electrons. The van der Waals surface area contributed by atoms with Crippen molar-refractivity contribution >= 4 is 11.4 Å². The van der Waals surface area contributed by atoms with Crippen LogP contribution in [-0.4, -0.2) is 43.2 Å². The van der Waals surface area contributed by atoms with E-state index in [0.29, 0.717) is 17.5 Å². The Labute approximate surface area is 137 Å². The monoisotopic (exact) mass is 326 g/mol. The van der Waals surface area contributed by atoms with Crippen molar-refractivity contribution in [3.8, 4) is 0 Å². The molecule has 3 heterocycles. The van der Waals surface area contributed by atoms with Crippen molar-refractivity contribution in [3.63, 3.8) is 0 Å². The lowest BCUT2D eigenvalue weighted by Gasteiger charge is -2.24. The Morgan fingerprint density at radius 1 is 1.25 bits per heavy atom. The number of rotatable bonds is 2. The van der Waals surface area contributed by atoms with Gasteiger partial charge >= 0.3 is 0 Å². The van der Waals surface area contributed by atoms with Gasteiger partial charge in [0.25, 0.3) is 5.91 Å². The fraction of sp³-hybridized carbons (Fsp3) is 0.235. The predicted octanol–water partition coefficient (Wildman–Crippen LogP) is 1.82. The summed E-state index contributed by atoms with van der Waals surface area (Å²) in [6.07, 6.45) is 6.17. The minimum absolute atomic E-state index is 0.219.